The molecule has 0 aliphatic rings. The molecule has 86 valence electrons. The van der Waals surface area contributed by atoms with E-state index in [9.17, 15) is 9.59 Å². The summed E-state index contributed by atoms with van der Waals surface area (Å²) in [7, 11) is 0. The third-order valence-electron chi connectivity index (χ3n) is 2.42. The van der Waals surface area contributed by atoms with Gasteiger partial charge in [-0.3, -0.25) is 0 Å². The first-order valence-corrected chi connectivity index (χ1v) is 5.40. The Bertz CT molecular complexity index is 383. The second-order valence-corrected chi connectivity index (χ2v) is 3.53. The lowest BCUT2D eigenvalue weighted by atomic mass is 9.98. The van der Waals surface area contributed by atoms with Crippen molar-refractivity contribution in [1.82, 2.24) is 0 Å². The van der Waals surface area contributed by atoms with Crippen LogP contribution in [0.25, 0.3) is 0 Å². The molecule has 0 spiro atoms. The van der Waals surface area contributed by atoms with Gasteiger partial charge in [0.25, 0.3) is 0 Å². The van der Waals surface area contributed by atoms with Crippen molar-refractivity contribution in [2.24, 2.45) is 0 Å². The molecule has 0 atom stereocenters. The third-order valence-corrected chi connectivity index (χ3v) is 2.42. The Morgan fingerprint density at radius 3 is 2.81 bits per heavy atom. The van der Waals surface area contributed by atoms with Gasteiger partial charge in [-0.15, -0.1) is 0 Å². The molecule has 3 nitrogen and oxygen atoms in total. The minimum atomic E-state index is -0.313. The minimum absolute atomic E-state index is 0.313. The normalized spacial score (nSPS) is 9.88. The molecule has 0 saturated carbocycles. The Morgan fingerprint density at radius 1 is 1.44 bits per heavy atom. The maximum Gasteiger partial charge on any atom is 0.338 e. The summed E-state index contributed by atoms with van der Waals surface area (Å²) in [5.41, 5.74) is 2.50. The second kappa shape index (κ2) is 6.05. The summed E-state index contributed by atoms with van der Waals surface area (Å²) in [5, 5.41) is 0. The van der Waals surface area contributed by atoms with Gasteiger partial charge in [-0.1, -0.05) is 12.1 Å². The number of hydrogen-bond donors (Lipinski definition) is 0. The first-order chi connectivity index (χ1) is 7.70. The molecule has 0 bridgehead atoms. The number of aldehydes is 1. The Hall–Kier alpha value is -1.64. The Kier molecular flexibility index (Phi) is 4.70. The van der Waals surface area contributed by atoms with Gasteiger partial charge in [-0.05, 0) is 37.5 Å². The van der Waals surface area contributed by atoms with E-state index in [0.717, 1.165) is 17.4 Å². The van der Waals surface area contributed by atoms with Crippen LogP contribution >= 0.6 is 0 Å². The summed E-state index contributed by atoms with van der Waals surface area (Å²) in [4.78, 5) is 22.1. The maximum atomic E-state index is 11.7. The van der Waals surface area contributed by atoms with Crippen LogP contribution in [0.3, 0.4) is 0 Å². The number of carbonyl (C=O) groups excluding carboxylic acids is 2. The molecule has 0 N–H and O–H groups in total. The second-order valence-electron chi connectivity index (χ2n) is 3.53. The average molecular weight is 220 g/mol. The molecule has 3 heteroatoms. The Balaban J connectivity index is 3.01. The number of esters is 1. The Labute approximate surface area is 95.4 Å². The topological polar surface area (TPSA) is 43.4 Å². The van der Waals surface area contributed by atoms with E-state index >= 15 is 0 Å². The monoisotopic (exact) mass is 220 g/mol. The molecule has 0 amide bonds. The van der Waals surface area contributed by atoms with Crippen LogP contribution in [0.4, 0.5) is 0 Å². The maximum absolute atomic E-state index is 11.7. The van der Waals surface area contributed by atoms with E-state index < -0.39 is 0 Å². The minimum Gasteiger partial charge on any atom is -0.462 e. The Morgan fingerprint density at radius 2 is 2.19 bits per heavy atom. The molecule has 1 aromatic carbocycles. The largest absolute Gasteiger partial charge is 0.462 e. The molecule has 0 radical (unpaired) electrons. The van der Waals surface area contributed by atoms with Crippen LogP contribution in [0.1, 0.15) is 34.8 Å². The molecule has 0 aliphatic carbocycles. The first kappa shape index (κ1) is 12.4. The summed E-state index contributed by atoms with van der Waals surface area (Å²) >= 11 is 0. The standard InChI is InChI=1S/C13H16O3/c1-3-16-13(15)12-7-4-6-10(2)11(12)8-5-9-14/h4,6-7,9H,3,5,8H2,1-2H3. The van der Waals surface area contributed by atoms with Crippen molar-refractivity contribution >= 4 is 12.3 Å². The zero-order valence-corrected chi connectivity index (χ0v) is 9.66. The lowest BCUT2D eigenvalue weighted by Crippen LogP contribution is -2.09. The van der Waals surface area contributed by atoms with Crippen molar-refractivity contribution in [3.05, 3.63) is 34.9 Å². The summed E-state index contributed by atoms with van der Waals surface area (Å²) in [6.45, 7) is 4.07. The zero-order chi connectivity index (χ0) is 12.0. The fourth-order valence-electron chi connectivity index (χ4n) is 1.64. The number of ether oxygens (including phenoxy) is 1. The van der Waals surface area contributed by atoms with E-state index in [-0.39, 0.29) is 5.97 Å². The highest BCUT2D eigenvalue weighted by atomic mass is 16.5. The molecule has 1 rings (SSSR count). The SMILES string of the molecule is CCOC(=O)c1cccc(C)c1CCC=O. The van der Waals surface area contributed by atoms with Crippen molar-refractivity contribution in [3.8, 4) is 0 Å². The summed E-state index contributed by atoms with van der Waals surface area (Å²) in [6, 6.07) is 5.50. The number of carbonyl (C=O) groups is 2. The van der Waals surface area contributed by atoms with Gasteiger partial charge < -0.3 is 9.53 Å². The van der Waals surface area contributed by atoms with Gasteiger partial charge in [0, 0.05) is 6.42 Å². The summed E-state index contributed by atoms with van der Waals surface area (Å²) in [6.07, 6.45) is 1.88. The number of benzene rings is 1. The van der Waals surface area contributed by atoms with E-state index in [0.29, 0.717) is 25.0 Å². The predicted octanol–water partition coefficient (Wildman–Crippen LogP) is 2.30. The molecular weight excluding hydrogens is 204 g/mol. The van der Waals surface area contributed by atoms with Gasteiger partial charge in [0.15, 0.2) is 0 Å². The van der Waals surface area contributed by atoms with Crippen molar-refractivity contribution < 1.29 is 14.3 Å². The third kappa shape index (κ3) is 2.92. The first-order valence-electron chi connectivity index (χ1n) is 5.40. The van der Waals surface area contributed by atoms with Crippen molar-refractivity contribution in [3.63, 3.8) is 0 Å². The van der Waals surface area contributed by atoms with E-state index in [4.69, 9.17) is 4.74 Å². The summed E-state index contributed by atoms with van der Waals surface area (Å²) in [5.74, 6) is -0.313. The molecule has 0 aromatic heterocycles. The van der Waals surface area contributed by atoms with Gasteiger partial charge in [-0.2, -0.15) is 0 Å². The van der Waals surface area contributed by atoms with E-state index in [1.54, 1.807) is 13.0 Å². The average Bonchev–Trinajstić information content (AvgIpc) is 2.27. The molecular formula is C13H16O3. The zero-order valence-electron chi connectivity index (χ0n) is 9.66. The van der Waals surface area contributed by atoms with Gasteiger partial charge in [0.05, 0.1) is 12.2 Å². The van der Waals surface area contributed by atoms with Gasteiger partial charge in [0.2, 0.25) is 0 Å². The van der Waals surface area contributed by atoms with Crippen molar-refractivity contribution in [2.75, 3.05) is 6.61 Å². The molecule has 0 aliphatic heterocycles. The molecule has 0 saturated heterocycles. The van der Waals surface area contributed by atoms with Gasteiger partial charge in [-0.25, -0.2) is 4.79 Å². The highest BCUT2D eigenvalue weighted by Crippen LogP contribution is 2.17. The smallest absolute Gasteiger partial charge is 0.338 e. The van der Waals surface area contributed by atoms with Crippen LogP contribution in [0, 0.1) is 6.92 Å². The van der Waals surface area contributed by atoms with Crippen LogP contribution in [-0.4, -0.2) is 18.9 Å². The van der Waals surface area contributed by atoms with Crippen LogP contribution in [0.2, 0.25) is 0 Å². The molecule has 0 heterocycles. The lowest BCUT2D eigenvalue weighted by Gasteiger charge is -2.10. The van der Waals surface area contributed by atoms with Crippen LogP contribution < -0.4 is 0 Å². The molecule has 0 fully saturated rings. The highest BCUT2D eigenvalue weighted by Gasteiger charge is 2.13. The van der Waals surface area contributed by atoms with Crippen LogP contribution in [0.15, 0.2) is 18.2 Å². The van der Waals surface area contributed by atoms with E-state index in [1.165, 1.54) is 0 Å². The highest BCUT2D eigenvalue weighted by molar-refractivity contribution is 5.91. The molecule has 16 heavy (non-hydrogen) atoms. The quantitative estimate of drug-likeness (QED) is 0.565. The van der Waals surface area contributed by atoms with E-state index in [2.05, 4.69) is 0 Å². The van der Waals surface area contributed by atoms with E-state index in [1.807, 2.05) is 19.1 Å². The van der Waals surface area contributed by atoms with Gasteiger partial charge >= 0.3 is 5.97 Å². The number of rotatable bonds is 5. The van der Waals surface area contributed by atoms with Crippen molar-refractivity contribution in [2.45, 2.75) is 26.7 Å². The summed E-state index contributed by atoms with van der Waals surface area (Å²) < 4.78 is 4.98. The fourth-order valence-corrected chi connectivity index (χ4v) is 1.64. The predicted molar refractivity (Wildman–Crippen MR) is 61.5 cm³/mol. The molecule has 0 unspecified atom stereocenters. The number of aryl methyl sites for hydroxylation is 1. The number of hydrogen-bond acceptors (Lipinski definition) is 3. The lowest BCUT2D eigenvalue weighted by molar-refractivity contribution is -0.107. The van der Waals surface area contributed by atoms with Gasteiger partial charge in [0.1, 0.15) is 6.29 Å². The fraction of sp³-hybridized carbons (Fsp3) is 0.385. The van der Waals surface area contributed by atoms with Crippen molar-refractivity contribution in [1.29, 1.82) is 0 Å². The van der Waals surface area contributed by atoms with Crippen LogP contribution in [-0.2, 0) is 16.0 Å². The molecule has 1 aromatic rings. The van der Waals surface area contributed by atoms with Crippen LogP contribution in [0.5, 0.6) is 0 Å².